The quantitative estimate of drug-likeness (QED) is 0.891. The molecule has 3 rings (SSSR count). The van der Waals surface area contributed by atoms with Crippen LogP contribution in [0.2, 0.25) is 0 Å². The van der Waals surface area contributed by atoms with Gasteiger partial charge in [0.25, 0.3) is 0 Å². The minimum Gasteiger partial charge on any atom is -0.317 e. The van der Waals surface area contributed by atoms with E-state index >= 15 is 0 Å². The second kappa shape index (κ2) is 7.71. The number of nitrogens with zero attached hydrogens (tertiary/aromatic N) is 3. The van der Waals surface area contributed by atoms with Gasteiger partial charge in [0.2, 0.25) is 11.9 Å². The van der Waals surface area contributed by atoms with Crippen molar-refractivity contribution < 1.29 is 4.79 Å². The van der Waals surface area contributed by atoms with Gasteiger partial charge in [0.1, 0.15) is 0 Å². The highest BCUT2D eigenvalue weighted by molar-refractivity contribution is 7.08. The van der Waals surface area contributed by atoms with Crippen LogP contribution in [0.25, 0.3) is 0 Å². The maximum atomic E-state index is 12.0. The number of carbonyl (C=O) groups excluding carboxylic acids is 1. The van der Waals surface area contributed by atoms with E-state index in [4.69, 9.17) is 0 Å². The molecule has 22 heavy (non-hydrogen) atoms. The maximum Gasteiger partial charge on any atom is 0.231 e. The Kier molecular flexibility index (Phi) is 5.93. The summed E-state index contributed by atoms with van der Waals surface area (Å²) in [6, 6.07) is 1.96. The molecule has 1 aliphatic rings. The summed E-state index contributed by atoms with van der Waals surface area (Å²) in [5.74, 6) is 1.70. The zero-order valence-electron chi connectivity index (χ0n) is 12.4. The van der Waals surface area contributed by atoms with Crippen molar-refractivity contribution in [2.24, 2.45) is 7.05 Å². The van der Waals surface area contributed by atoms with Crippen LogP contribution in [-0.2, 0) is 18.3 Å². The van der Waals surface area contributed by atoms with Gasteiger partial charge in [0.05, 0.1) is 6.42 Å². The average Bonchev–Trinajstić information content (AvgIpc) is 3.11. The number of amides is 1. The molecule has 120 valence electrons. The number of aryl methyl sites for hydroxylation is 1. The fourth-order valence-corrected chi connectivity index (χ4v) is 3.18. The van der Waals surface area contributed by atoms with Gasteiger partial charge in [-0.05, 0) is 48.3 Å². The van der Waals surface area contributed by atoms with Crippen molar-refractivity contribution in [3.05, 3.63) is 28.2 Å². The van der Waals surface area contributed by atoms with E-state index in [9.17, 15) is 4.79 Å². The third-order valence-corrected chi connectivity index (χ3v) is 4.41. The van der Waals surface area contributed by atoms with Gasteiger partial charge in [0.15, 0.2) is 5.82 Å². The second-order valence-electron chi connectivity index (χ2n) is 5.30. The molecule has 0 spiro atoms. The Bertz CT molecular complexity index is 607. The Morgan fingerprint density at radius 2 is 2.27 bits per heavy atom. The number of halogens is 1. The van der Waals surface area contributed by atoms with Crippen LogP contribution in [0, 0.1) is 0 Å². The molecule has 0 atom stereocenters. The Hall–Kier alpha value is -1.44. The minimum absolute atomic E-state index is 0. The van der Waals surface area contributed by atoms with E-state index < -0.39 is 0 Å². The fourth-order valence-electron chi connectivity index (χ4n) is 2.51. The first-order valence-electron chi connectivity index (χ1n) is 7.15. The summed E-state index contributed by atoms with van der Waals surface area (Å²) in [6.07, 6.45) is 2.47. The SMILES string of the molecule is Cl.Cn1nc(C2CCNCC2)nc1NC(=O)Cc1ccsc1. The van der Waals surface area contributed by atoms with E-state index in [0.29, 0.717) is 18.3 Å². The molecule has 0 unspecified atom stereocenters. The molecule has 8 heteroatoms. The fraction of sp³-hybridized carbons (Fsp3) is 0.500. The van der Waals surface area contributed by atoms with E-state index in [1.165, 1.54) is 0 Å². The lowest BCUT2D eigenvalue weighted by atomic mass is 9.98. The third kappa shape index (κ3) is 4.06. The Labute approximate surface area is 139 Å². The molecule has 0 radical (unpaired) electrons. The molecule has 0 aliphatic carbocycles. The summed E-state index contributed by atoms with van der Waals surface area (Å²) < 4.78 is 1.66. The number of aromatic nitrogens is 3. The van der Waals surface area contributed by atoms with E-state index in [1.807, 2.05) is 23.9 Å². The molecule has 1 fully saturated rings. The number of nitrogens with one attached hydrogen (secondary N) is 2. The lowest BCUT2D eigenvalue weighted by Gasteiger charge is -2.19. The summed E-state index contributed by atoms with van der Waals surface area (Å²) in [7, 11) is 1.82. The molecule has 0 saturated carbocycles. The Morgan fingerprint density at radius 1 is 1.50 bits per heavy atom. The molecule has 0 aromatic carbocycles. The average molecular weight is 342 g/mol. The molecule has 2 N–H and O–H groups in total. The topological polar surface area (TPSA) is 71.8 Å². The van der Waals surface area contributed by atoms with Crippen molar-refractivity contribution in [1.29, 1.82) is 0 Å². The first kappa shape index (κ1) is 16.9. The summed E-state index contributed by atoms with van der Waals surface area (Å²) in [5, 5.41) is 14.6. The first-order valence-corrected chi connectivity index (χ1v) is 8.09. The van der Waals surface area contributed by atoms with E-state index in [2.05, 4.69) is 20.7 Å². The normalized spacial score (nSPS) is 15.3. The van der Waals surface area contributed by atoms with Crippen LogP contribution in [0.1, 0.15) is 30.1 Å². The first-order chi connectivity index (χ1) is 10.2. The van der Waals surface area contributed by atoms with Crippen LogP contribution >= 0.6 is 23.7 Å². The van der Waals surface area contributed by atoms with Crippen LogP contribution in [0.5, 0.6) is 0 Å². The summed E-state index contributed by atoms with van der Waals surface area (Å²) in [4.78, 5) is 16.5. The van der Waals surface area contributed by atoms with E-state index in [1.54, 1.807) is 16.0 Å². The number of thiophene rings is 1. The molecule has 1 amide bonds. The lowest BCUT2D eigenvalue weighted by molar-refractivity contribution is -0.115. The molecule has 6 nitrogen and oxygen atoms in total. The highest BCUT2D eigenvalue weighted by Gasteiger charge is 2.21. The smallest absolute Gasteiger partial charge is 0.231 e. The Balaban J connectivity index is 0.00000176. The van der Waals surface area contributed by atoms with Gasteiger partial charge in [-0.25, -0.2) is 4.68 Å². The highest BCUT2D eigenvalue weighted by atomic mass is 35.5. The van der Waals surface area contributed by atoms with Crippen molar-refractivity contribution in [3.8, 4) is 0 Å². The number of piperidine rings is 1. The van der Waals surface area contributed by atoms with Crippen LogP contribution in [0.15, 0.2) is 16.8 Å². The van der Waals surface area contributed by atoms with Gasteiger partial charge in [-0.2, -0.15) is 21.4 Å². The molecular formula is C14H20ClN5OS. The van der Waals surface area contributed by atoms with Gasteiger partial charge < -0.3 is 5.32 Å². The van der Waals surface area contributed by atoms with Crippen LogP contribution in [0.3, 0.4) is 0 Å². The predicted molar refractivity (Wildman–Crippen MR) is 89.7 cm³/mol. The summed E-state index contributed by atoms with van der Waals surface area (Å²) >= 11 is 1.59. The molecule has 0 bridgehead atoms. The summed E-state index contributed by atoms with van der Waals surface area (Å²) in [5.41, 5.74) is 1.03. The lowest BCUT2D eigenvalue weighted by Crippen LogP contribution is -2.27. The highest BCUT2D eigenvalue weighted by Crippen LogP contribution is 2.23. The minimum atomic E-state index is -0.0549. The third-order valence-electron chi connectivity index (χ3n) is 3.68. The van der Waals surface area contributed by atoms with E-state index in [0.717, 1.165) is 37.3 Å². The zero-order chi connectivity index (χ0) is 14.7. The predicted octanol–water partition coefficient (Wildman–Crippen LogP) is 1.95. The van der Waals surface area contributed by atoms with Crippen molar-refractivity contribution >= 4 is 35.6 Å². The van der Waals surface area contributed by atoms with Gasteiger partial charge >= 0.3 is 0 Å². The number of hydrogen-bond acceptors (Lipinski definition) is 5. The molecule has 2 aromatic heterocycles. The number of anilines is 1. The molecule has 1 saturated heterocycles. The van der Waals surface area contributed by atoms with Gasteiger partial charge in [-0.15, -0.1) is 12.4 Å². The largest absolute Gasteiger partial charge is 0.317 e. The van der Waals surface area contributed by atoms with Gasteiger partial charge in [0, 0.05) is 13.0 Å². The van der Waals surface area contributed by atoms with Gasteiger partial charge in [-0.1, -0.05) is 0 Å². The zero-order valence-corrected chi connectivity index (χ0v) is 14.0. The van der Waals surface area contributed by atoms with Crippen LogP contribution in [-0.4, -0.2) is 33.8 Å². The Morgan fingerprint density at radius 3 is 2.95 bits per heavy atom. The molecule has 1 aliphatic heterocycles. The number of carbonyl (C=O) groups is 1. The summed E-state index contributed by atoms with van der Waals surface area (Å²) in [6.45, 7) is 2.01. The van der Waals surface area contributed by atoms with Crippen molar-refractivity contribution in [3.63, 3.8) is 0 Å². The maximum absolute atomic E-state index is 12.0. The molecule has 2 aromatic rings. The molecule has 3 heterocycles. The van der Waals surface area contributed by atoms with Crippen molar-refractivity contribution in [1.82, 2.24) is 20.1 Å². The van der Waals surface area contributed by atoms with Gasteiger partial charge in [-0.3, -0.25) is 10.1 Å². The van der Waals surface area contributed by atoms with Crippen molar-refractivity contribution in [2.75, 3.05) is 18.4 Å². The second-order valence-corrected chi connectivity index (χ2v) is 6.08. The number of rotatable bonds is 4. The standard InChI is InChI=1S/C14H19N5OS.ClH/c1-19-14(16-12(20)8-10-4-7-21-9-10)17-13(18-19)11-2-5-15-6-3-11;/h4,7,9,11,15H,2-3,5-6,8H2,1H3,(H,16,17,18,20);1H. The van der Waals surface area contributed by atoms with Crippen LogP contribution in [0.4, 0.5) is 5.95 Å². The molecular weight excluding hydrogens is 322 g/mol. The van der Waals surface area contributed by atoms with E-state index in [-0.39, 0.29) is 18.3 Å². The monoisotopic (exact) mass is 341 g/mol. The number of hydrogen-bond donors (Lipinski definition) is 2. The van der Waals surface area contributed by atoms with Crippen LogP contribution < -0.4 is 10.6 Å². The van der Waals surface area contributed by atoms with Crippen molar-refractivity contribution in [2.45, 2.75) is 25.2 Å².